The number of anilines is 1. The van der Waals surface area contributed by atoms with Crippen LogP contribution in [0.25, 0.3) is 0 Å². The second-order valence-electron chi connectivity index (χ2n) is 5.99. The van der Waals surface area contributed by atoms with Crippen molar-refractivity contribution in [2.24, 2.45) is 0 Å². The normalized spacial score (nSPS) is 13.2. The Bertz CT molecular complexity index is 772. The zero-order chi connectivity index (χ0) is 17.6. The van der Waals surface area contributed by atoms with E-state index in [1.807, 2.05) is 30.3 Å². The van der Waals surface area contributed by atoms with Gasteiger partial charge >= 0.3 is 5.97 Å². The topological polar surface area (TPSA) is 55.8 Å². The number of rotatable bonds is 5. The smallest absolute Gasteiger partial charge is 0.338 e. The molecule has 0 aromatic heterocycles. The predicted molar refractivity (Wildman–Crippen MR) is 94.6 cm³/mol. The first-order valence-electron chi connectivity index (χ1n) is 8.32. The zero-order valence-electron chi connectivity index (χ0n) is 14.2. The summed E-state index contributed by atoms with van der Waals surface area (Å²) in [4.78, 5) is 26.4. The Balaban J connectivity index is 1.63. The minimum Gasteiger partial charge on any atom is -0.452 e. The third-order valence-corrected chi connectivity index (χ3v) is 4.21. The largest absolute Gasteiger partial charge is 0.452 e. The Kier molecular flexibility index (Phi) is 5.46. The summed E-state index contributed by atoms with van der Waals surface area (Å²) in [7, 11) is 1.60. The molecule has 1 heterocycles. The van der Waals surface area contributed by atoms with Crippen molar-refractivity contribution in [1.29, 1.82) is 0 Å². The minimum atomic E-state index is -0.503. The molecular formula is C20H21NO4. The number of carbonyl (C=O) groups excluding carboxylic acids is 2. The molecule has 1 amide bonds. The summed E-state index contributed by atoms with van der Waals surface area (Å²) in [6.45, 7) is 0.809. The lowest BCUT2D eigenvalue weighted by Crippen LogP contribution is -2.38. The standard InChI is InChI=1S/C20H21NO4/c1-24-13-15-6-4-8-17(12-15)20(23)25-14-19(22)21-11-5-9-16-7-2-3-10-18(16)21/h2-4,6-8,10,12H,5,9,11,13-14H2,1H3. The van der Waals surface area contributed by atoms with E-state index < -0.39 is 5.97 Å². The molecule has 2 aromatic rings. The molecular weight excluding hydrogens is 318 g/mol. The van der Waals surface area contributed by atoms with Crippen LogP contribution in [-0.2, 0) is 27.3 Å². The van der Waals surface area contributed by atoms with Crippen molar-refractivity contribution in [3.63, 3.8) is 0 Å². The third kappa shape index (κ3) is 4.06. The van der Waals surface area contributed by atoms with E-state index in [-0.39, 0.29) is 12.5 Å². The Morgan fingerprint density at radius 3 is 2.80 bits per heavy atom. The van der Waals surface area contributed by atoms with Gasteiger partial charge in [-0.3, -0.25) is 4.79 Å². The van der Waals surface area contributed by atoms with Crippen LogP contribution in [0.2, 0.25) is 0 Å². The van der Waals surface area contributed by atoms with E-state index in [4.69, 9.17) is 9.47 Å². The number of para-hydroxylation sites is 1. The fraction of sp³-hybridized carbons (Fsp3) is 0.300. The predicted octanol–water partition coefficient (Wildman–Crippen LogP) is 2.97. The summed E-state index contributed by atoms with van der Waals surface area (Å²) >= 11 is 0. The Morgan fingerprint density at radius 1 is 1.12 bits per heavy atom. The van der Waals surface area contributed by atoms with Crippen molar-refractivity contribution in [1.82, 2.24) is 0 Å². The number of hydrogen-bond donors (Lipinski definition) is 0. The van der Waals surface area contributed by atoms with Gasteiger partial charge in [-0.05, 0) is 42.2 Å². The second kappa shape index (κ2) is 7.94. The van der Waals surface area contributed by atoms with Gasteiger partial charge in [0.05, 0.1) is 12.2 Å². The molecule has 0 spiro atoms. The molecule has 3 rings (SSSR count). The first-order valence-corrected chi connectivity index (χ1v) is 8.32. The molecule has 1 aliphatic rings. The number of nitrogens with zero attached hydrogens (tertiary/aromatic N) is 1. The van der Waals surface area contributed by atoms with E-state index in [1.54, 1.807) is 30.2 Å². The van der Waals surface area contributed by atoms with Gasteiger partial charge in [0.2, 0.25) is 0 Å². The Labute approximate surface area is 147 Å². The van der Waals surface area contributed by atoms with Crippen LogP contribution in [-0.4, -0.2) is 32.1 Å². The van der Waals surface area contributed by atoms with E-state index in [0.717, 1.165) is 29.7 Å². The molecule has 25 heavy (non-hydrogen) atoms. The van der Waals surface area contributed by atoms with Crippen LogP contribution in [0.4, 0.5) is 5.69 Å². The van der Waals surface area contributed by atoms with Crippen molar-refractivity contribution in [2.75, 3.05) is 25.2 Å². The van der Waals surface area contributed by atoms with Crippen molar-refractivity contribution in [3.05, 3.63) is 65.2 Å². The Hall–Kier alpha value is -2.66. The van der Waals surface area contributed by atoms with Gasteiger partial charge < -0.3 is 14.4 Å². The highest BCUT2D eigenvalue weighted by atomic mass is 16.5. The van der Waals surface area contributed by atoms with E-state index in [9.17, 15) is 9.59 Å². The summed E-state index contributed by atoms with van der Waals surface area (Å²) in [6.07, 6.45) is 1.88. The molecule has 5 nitrogen and oxygen atoms in total. The molecule has 0 fully saturated rings. The van der Waals surface area contributed by atoms with E-state index in [2.05, 4.69) is 0 Å². The second-order valence-corrected chi connectivity index (χ2v) is 5.99. The summed E-state index contributed by atoms with van der Waals surface area (Å²) in [5.74, 6) is -0.704. The molecule has 130 valence electrons. The Morgan fingerprint density at radius 2 is 1.96 bits per heavy atom. The lowest BCUT2D eigenvalue weighted by Gasteiger charge is -2.29. The molecule has 0 radical (unpaired) electrons. The van der Waals surface area contributed by atoms with Gasteiger partial charge in [0.15, 0.2) is 6.61 Å². The van der Waals surface area contributed by atoms with Crippen molar-refractivity contribution in [3.8, 4) is 0 Å². The van der Waals surface area contributed by atoms with Crippen LogP contribution in [0.5, 0.6) is 0 Å². The molecule has 5 heteroatoms. The average Bonchev–Trinajstić information content (AvgIpc) is 2.66. The van der Waals surface area contributed by atoms with Gasteiger partial charge in [0, 0.05) is 19.3 Å². The number of aryl methyl sites for hydroxylation is 1. The molecule has 0 atom stereocenters. The number of benzene rings is 2. The number of hydrogen-bond acceptors (Lipinski definition) is 4. The first kappa shape index (κ1) is 17.2. The van der Waals surface area contributed by atoms with Gasteiger partial charge in [0.1, 0.15) is 0 Å². The monoisotopic (exact) mass is 339 g/mol. The molecule has 0 N–H and O–H groups in total. The zero-order valence-corrected chi connectivity index (χ0v) is 14.2. The number of methoxy groups -OCH3 is 1. The van der Waals surface area contributed by atoms with Crippen LogP contribution in [0.15, 0.2) is 48.5 Å². The van der Waals surface area contributed by atoms with Crippen LogP contribution < -0.4 is 4.90 Å². The SMILES string of the molecule is COCc1cccc(C(=O)OCC(=O)N2CCCc3ccccc32)c1. The van der Waals surface area contributed by atoms with Gasteiger partial charge in [-0.15, -0.1) is 0 Å². The van der Waals surface area contributed by atoms with Gasteiger partial charge in [-0.2, -0.15) is 0 Å². The van der Waals surface area contributed by atoms with Crippen molar-refractivity contribution >= 4 is 17.6 Å². The molecule has 2 aromatic carbocycles. The highest BCUT2D eigenvalue weighted by Gasteiger charge is 2.23. The lowest BCUT2D eigenvalue weighted by atomic mass is 10.0. The van der Waals surface area contributed by atoms with Crippen molar-refractivity contribution < 1.29 is 19.1 Å². The van der Waals surface area contributed by atoms with E-state index >= 15 is 0 Å². The summed E-state index contributed by atoms with van der Waals surface area (Å²) < 4.78 is 10.3. The summed E-state index contributed by atoms with van der Waals surface area (Å²) in [6, 6.07) is 14.9. The molecule has 0 bridgehead atoms. The fourth-order valence-corrected chi connectivity index (χ4v) is 3.04. The van der Waals surface area contributed by atoms with Crippen LogP contribution in [0.1, 0.15) is 27.9 Å². The number of esters is 1. The molecule has 0 aliphatic carbocycles. The van der Waals surface area contributed by atoms with Gasteiger partial charge in [0.25, 0.3) is 5.91 Å². The summed E-state index contributed by atoms with van der Waals surface area (Å²) in [5.41, 5.74) is 3.37. The quantitative estimate of drug-likeness (QED) is 0.786. The van der Waals surface area contributed by atoms with Crippen LogP contribution in [0, 0.1) is 0 Å². The van der Waals surface area contributed by atoms with Crippen molar-refractivity contribution in [2.45, 2.75) is 19.4 Å². The van der Waals surface area contributed by atoms with Gasteiger partial charge in [-0.25, -0.2) is 4.79 Å². The van der Waals surface area contributed by atoms with E-state index in [0.29, 0.717) is 18.7 Å². The maximum absolute atomic E-state index is 12.5. The number of carbonyl (C=O) groups is 2. The maximum atomic E-state index is 12.5. The van der Waals surface area contributed by atoms with Gasteiger partial charge in [-0.1, -0.05) is 30.3 Å². The highest BCUT2D eigenvalue weighted by Crippen LogP contribution is 2.26. The summed E-state index contributed by atoms with van der Waals surface area (Å²) in [5, 5.41) is 0. The maximum Gasteiger partial charge on any atom is 0.338 e. The van der Waals surface area contributed by atoms with E-state index in [1.165, 1.54) is 0 Å². The number of amides is 1. The molecule has 1 aliphatic heterocycles. The average molecular weight is 339 g/mol. The number of ether oxygens (including phenoxy) is 2. The first-order chi connectivity index (χ1) is 12.2. The third-order valence-electron chi connectivity index (χ3n) is 4.21. The van der Waals surface area contributed by atoms with Crippen LogP contribution >= 0.6 is 0 Å². The fourth-order valence-electron chi connectivity index (χ4n) is 3.04. The number of fused-ring (bicyclic) bond motifs is 1. The highest BCUT2D eigenvalue weighted by molar-refractivity contribution is 5.98. The van der Waals surface area contributed by atoms with Crippen LogP contribution in [0.3, 0.4) is 0 Å². The minimum absolute atomic E-state index is 0.200. The molecule has 0 unspecified atom stereocenters. The lowest BCUT2D eigenvalue weighted by molar-refractivity contribution is -0.121. The molecule has 0 saturated heterocycles. The molecule has 0 saturated carbocycles.